The van der Waals surface area contributed by atoms with E-state index in [4.69, 9.17) is 5.73 Å². The van der Waals surface area contributed by atoms with Crippen LogP contribution in [0.2, 0.25) is 0 Å². The Labute approximate surface area is 89.9 Å². The van der Waals surface area contributed by atoms with Gasteiger partial charge < -0.3 is 10.6 Å². The van der Waals surface area contributed by atoms with Crippen LogP contribution in [0.4, 0.5) is 0 Å². The van der Waals surface area contributed by atoms with Crippen LogP contribution in [0.15, 0.2) is 0 Å². The first-order valence-corrected chi connectivity index (χ1v) is 5.74. The van der Waals surface area contributed by atoms with Gasteiger partial charge in [0.15, 0.2) is 0 Å². The number of nitrogens with two attached hydrogens (primary N) is 1. The summed E-state index contributed by atoms with van der Waals surface area (Å²) in [5.41, 5.74) is 5.98. The third kappa shape index (κ3) is 4.43. The van der Waals surface area contributed by atoms with Gasteiger partial charge in [-0.25, -0.2) is 0 Å². The van der Waals surface area contributed by atoms with Gasteiger partial charge in [0.1, 0.15) is 0 Å². The first-order valence-electron chi connectivity index (χ1n) is 5.74. The van der Waals surface area contributed by atoms with E-state index in [0.717, 1.165) is 19.0 Å². The molecule has 0 aliphatic heterocycles. The Bertz CT molecular complexity index is 152. The number of hydrogen-bond acceptors (Lipinski definition) is 2. The van der Waals surface area contributed by atoms with Gasteiger partial charge >= 0.3 is 0 Å². The van der Waals surface area contributed by atoms with Crippen LogP contribution in [-0.4, -0.2) is 31.1 Å². The van der Waals surface area contributed by atoms with Crippen LogP contribution in [0, 0.1) is 11.3 Å². The maximum Gasteiger partial charge on any atom is 0.0113 e. The van der Waals surface area contributed by atoms with Crippen molar-refractivity contribution in [2.24, 2.45) is 17.1 Å². The third-order valence-corrected chi connectivity index (χ3v) is 2.98. The number of nitrogens with zero attached hydrogens (tertiary/aromatic N) is 1. The van der Waals surface area contributed by atoms with Crippen molar-refractivity contribution in [1.29, 1.82) is 0 Å². The molecule has 2 nitrogen and oxygen atoms in total. The van der Waals surface area contributed by atoms with Gasteiger partial charge in [0.05, 0.1) is 0 Å². The summed E-state index contributed by atoms with van der Waals surface area (Å²) in [4.78, 5) is 2.46. The van der Waals surface area contributed by atoms with Crippen LogP contribution in [0.25, 0.3) is 0 Å². The highest BCUT2D eigenvalue weighted by Crippen LogP contribution is 2.19. The Hall–Kier alpha value is -0.0800. The second kappa shape index (κ2) is 5.72. The maximum atomic E-state index is 5.75. The molecule has 0 rings (SSSR count). The van der Waals surface area contributed by atoms with Gasteiger partial charge in [-0.2, -0.15) is 0 Å². The lowest BCUT2D eigenvalue weighted by Crippen LogP contribution is -2.43. The molecule has 0 aromatic heterocycles. The third-order valence-electron chi connectivity index (χ3n) is 2.98. The standard InChI is InChI=1S/C12H28N2/c1-7-11(10(2)3)14(6)9-12(4,5)8-13/h10-11H,7-9,13H2,1-6H3. The fraction of sp³-hybridized carbons (Fsp3) is 1.00. The van der Waals surface area contributed by atoms with Crippen LogP contribution in [-0.2, 0) is 0 Å². The van der Waals surface area contributed by atoms with E-state index in [9.17, 15) is 0 Å². The summed E-state index contributed by atoms with van der Waals surface area (Å²) in [6.07, 6.45) is 1.22. The van der Waals surface area contributed by atoms with E-state index in [1.165, 1.54) is 6.42 Å². The van der Waals surface area contributed by atoms with Crippen LogP contribution < -0.4 is 5.73 Å². The van der Waals surface area contributed by atoms with Gasteiger partial charge in [-0.05, 0) is 31.3 Å². The largest absolute Gasteiger partial charge is 0.330 e. The molecule has 2 N–H and O–H groups in total. The summed E-state index contributed by atoms with van der Waals surface area (Å²) in [6, 6.07) is 0.681. The molecule has 2 heteroatoms. The molecule has 0 radical (unpaired) electrons. The lowest BCUT2D eigenvalue weighted by Gasteiger charge is -2.36. The normalized spacial score (nSPS) is 15.2. The molecule has 0 fully saturated rings. The van der Waals surface area contributed by atoms with Crippen molar-refractivity contribution >= 4 is 0 Å². The smallest absolute Gasteiger partial charge is 0.0113 e. The summed E-state index contributed by atoms with van der Waals surface area (Å²) in [5.74, 6) is 0.721. The predicted molar refractivity (Wildman–Crippen MR) is 64.4 cm³/mol. The molecule has 0 aliphatic rings. The quantitative estimate of drug-likeness (QED) is 0.713. The topological polar surface area (TPSA) is 29.3 Å². The van der Waals surface area contributed by atoms with Gasteiger partial charge in [0.2, 0.25) is 0 Å². The SMILES string of the molecule is CCC(C(C)C)N(C)CC(C)(C)CN. The van der Waals surface area contributed by atoms with Crippen LogP contribution in [0.5, 0.6) is 0 Å². The fourth-order valence-corrected chi connectivity index (χ4v) is 2.15. The fourth-order valence-electron chi connectivity index (χ4n) is 2.15. The Morgan fingerprint density at radius 1 is 1.29 bits per heavy atom. The second-order valence-electron chi connectivity index (χ2n) is 5.50. The van der Waals surface area contributed by atoms with Crippen LogP contribution in [0.3, 0.4) is 0 Å². The molecule has 0 aromatic rings. The monoisotopic (exact) mass is 200 g/mol. The second-order valence-corrected chi connectivity index (χ2v) is 5.50. The van der Waals surface area contributed by atoms with E-state index < -0.39 is 0 Å². The lowest BCUT2D eigenvalue weighted by atomic mass is 9.91. The first-order chi connectivity index (χ1) is 6.34. The van der Waals surface area contributed by atoms with Crippen LogP contribution >= 0.6 is 0 Å². The molecule has 0 saturated carbocycles. The minimum atomic E-state index is 0.233. The molecule has 0 bridgehead atoms. The van der Waals surface area contributed by atoms with Crippen molar-refractivity contribution < 1.29 is 0 Å². The molecule has 1 atom stereocenters. The zero-order valence-corrected chi connectivity index (χ0v) is 10.8. The van der Waals surface area contributed by atoms with E-state index in [1.807, 2.05) is 0 Å². The average Bonchev–Trinajstić information content (AvgIpc) is 2.03. The van der Waals surface area contributed by atoms with Gasteiger partial charge in [-0.15, -0.1) is 0 Å². The Morgan fingerprint density at radius 3 is 2.07 bits per heavy atom. The summed E-state index contributed by atoms with van der Waals surface area (Å²) in [6.45, 7) is 13.1. The molecule has 0 aliphatic carbocycles. The molecule has 0 saturated heterocycles. The summed E-state index contributed by atoms with van der Waals surface area (Å²) < 4.78 is 0. The van der Waals surface area contributed by atoms with Crippen molar-refractivity contribution in [3.8, 4) is 0 Å². The minimum Gasteiger partial charge on any atom is -0.330 e. The zero-order valence-electron chi connectivity index (χ0n) is 10.8. The van der Waals surface area contributed by atoms with Crippen molar-refractivity contribution in [3.63, 3.8) is 0 Å². The molecular formula is C12H28N2. The van der Waals surface area contributed by atoms with Gasteiger partial charge in [0, 0.05) is 12.6 Å². The van der Waals surface area contributed by atoms with Gasteiger partial charge in [-0.1, -0.05) is 34.6 Å². The van der Waals surface area contributed by atoms with Crippen molar-refractivity contribution in [2.75, 3.05) is 20.1 Å². The van der Waals surface area contributed by atoms with E-state index in [1.54, 1.807) is 0 Å². The van der Waals surface area contributed by atoms with E-state index in [2.05, 4.69) is 46.6 Å². The Kier molecular flexibility index (Phi) is 5.68. The van der Waals surface area contributed by atoms with Crippen molar-refractivity contribution in [1.82, 2.24) is 4.90 Å². The highest BCUT2D eigenvalue weighted by atomic mass is 15.1. The summed E-state index contributed by atoms with van der Waals surface area (Å²) in [7, 11) is 2.21. The highest BCUT2D eigenvalue weighted by Gasteiger charge is 2.23. The first kappa shape index (κ1) is 13.9. The number of hydrogen-bond donors (Lipinski definition) is 1. The Morgan fingerprint density at radius 2 is 1.79 bits per heavy atom. The van der Waals surface area contributed by atoms with Crippen molar-refractivity contribution in [3.05, 3.63) is 0 Å². The summed E-state index contributed by atoms with van der Waals surface area (Å²) >= 11 is 0. The number of rotatable bonds is 6. The maximum absolute atomic E-state index is 5.75. The molecule has 86 valence electrons. The molecule has 0 heterocycles. The van der Waals surface area contributed by atoms with Gasteiger partial charge in [-0.3, -0.25) is 0 Å². The highest BCUT2D eigenvalue weighted by molar-refractivity contribution is 4.78. The average molecular weight is 200 g/mol. The molecule has 1 unspecified atom stereocenters. The van der Waals surface area contributed by atoms with Crippen molar-refractivity contribution in [2.45, 2.75) is 47.1 Å². The summed E-state index contributed by atoms with van der Waals surface area (Å²) in [5, 5.41) is 0. The molecule has 14 heavy (non-hydrogen) atoms. The van der Waals surface area contributed by atoms with E-state index in [-0.39, 0.29) is 5.41 Å². The van der Waals surface area contributed by atoms with Crippen LogP contribution in [0.1, 0.15) is 41.0 Å². The van der Waals surface area contributed by atoms with Gasteiger partial charge in [0.25, 0.3) is 0 Å². The zero-order chi connectivity index (χ0) is 11.4. The molecule has 0 aromatic carbocycles. The predicted octanol–water partition coefficient (Wildman–Crippen LogP) is 2.34. The Balaban J connectivity index is 4.23. The molecule has 0 spiro atoms. The lowest BCUT2D eigenvalue weighted by molar-refractivity contribution is 0.131. The minimum absolute atomic E-state index is 0.233. The molecule has 0 amide bonds. The molecular weight excluding hydrogens is 172 g/mol. The van der Waals surface area contributed by atoms with E-state index >= 15 is 0 Å². The van der Waals surface area contributed by atoms with E-state index in [0.29, 0.717) is 6.04 Å².